The van der Waals surface area contributed by atoms with Crippen molar-refractivity contribution >= 4 is 17.6 Å². The van der Waals surface area contributed by atoms with Crippen LogP contribution in [0.3, 0.4) is 0 Å². The van der Waals surface area contributed by atoms with Crippen molar-refractivity contribution in [2.24, 2.45) is 0 Å². The van der Waals surface area contributed by atoms with Gasteiger partial charge in [-0.1, -0.05) is 12.1 Å². The van der Waals surface area contributed by atoms with Gasteiger partial charge in [0.25, 0.3) is 0 Å². The Hall–Kier alpha value is -2.70. The van der Waals surface area contributed by atoms with Crippen molar-refractivity contribution in [2.45, 2.75) is 18.8 Å². The van der Waals surface area contributed by atoms with Crippen LogP contribution in [-0.4, -0.2) is 28.7 Å². The van der Waals surface area contributed by atoms with Gasteiger partial charge < -0.3 is 10.1 Å². The summed E-state index contributed by atoms with van der Waals surface area (Å²) in [6.07, 6.45) is 3.81. The number of hydrogen-bond donors (Lipinski definition) is 2. The molecule has 1 aliphatic heterocycles. The first-order chi connectivity index (χ1) is 10.6. The van der Waals surface area contributed by atoms with Crippen molar-refractivity contribution in [1.82, 2.24) is 10.2 Å². The van der Waals surface area contributed by atoms with E-state index in [1.807, 2.05) is 0 Å². The lowest BCUT2D eigenvalue weighted by Gasteiger charge is -2.08. The first-order valence-electron chi connectivity index (χ1n) is 6.87. The van der Waals surface area contributed by atoms with Gasteiger partial charge in [-0.2, -0.15) is 5.10 Å². The van der Waals surface area contributed by atoms with Crippen molar-refractivity contribution in [3.8, 4) is 0 Å². The van der Waals surface area contributed by atoms with Crippen LogP contribution in [0.4, 0.5) is 10.1 Å². The number of esters is 1. The molecule has 3 rings (SSSR count). The zero-order valence-electron chi connectivity index (χ0n) is 11.6. The normalized spacial score (nSPS) is 16.2. The molecular weight excluding hydrogens is 289 g/mol. The van der Waals surface area contributed by atoms with E-state index < -0.39 is 17.7 Å². The fourth-order valence-electron chi connectivity index (χ4n) is 2.44. The summed E-state index contributed by atoms with van der Waals surface area (Å²) in [5.74, 6) is -2.07. The summed E-state index contributed by atoms with van der Waals surface area (Å²) in [7, 11) is 0. The van der Waals surface area contributed by atoms with E-state index in [9.17, 15) is 14.0 Å². The molecule has 7 heteroatoms. The van der Waals surface area contributed by atoms with E-state index in [0.29, 0.717) is 12.0 Å². The van der Waals surface area contributed by atoms with Gasteiger partial charge in [-0.15, -0.1) is 0 Å². The average Bonchev–Trinajstić information content (AvgIpc) is 3.10. The zero-order chi connectivity index (χ0) is 15.5. The number of para-hydroxylation sites is 1. The molecular formula is C15H14FN3O3. The maximum absolute atomic E-state index is 13.6. The van der Waals surface area contributed by atoms with E-state index in [-0.39, 0.29) is 24.6 Å². The SMILES string of the molecule is O=C(CC1C(=O)Nc2c(F)cccc21)OCCc1cn[nH]c1. The van der Waals surface area contributed by atoms with Crippen LogP contribution in [0, 0.1) is 5.82 Å². The molecule has 1 aromatic carbocycles. The topological polar surface area (TPSA) is 84.1 Å². The number of aromatic amines is 1. The van der Waals surface area contributed by atoms with Gasteiger partial charge in [-0.25, -0.2) is 4.39 Å². The number of nitrogens with one attached hydrogen (secondary N) is 2. The minimum absolute atomic E-state index is 0.103. The van der Waals surface area contributed by atoms with Crippen molar-refractivity contribution in [3.63, 3.8) is 0 Å². The minimum atomic E-state index is -0.702. The van der Waals surface area contributed by atoms with E-state index >= 15 is 0 Å². The predicted octanol–water partition coefficient (Wildman–Crippen LogP) is 1.76. The Kier molecular flexibility index (Phi) is 3.86. The summed E-state index contributed by atoms with van der Waals surface area (Å²) in [4.78, 5) is 23.7. The standard InChI is InChI=1S/C15H14FN3O3/c16-12-3-1-2-10-11(15(21)19-14(10)12)6-13(20)22-5-4-9-7-17-18-8-9/h1-3,7-8,11H,4-6H2,(H,17,18)(H,19,21). The quantitative estimate of drug-likeness (QED) is 0.824. The Balaban J connectivity index is 1.58. The number of carbonyl (C=O) groups is 2. The van der Waals surface area contributed by atoms with Crippen molar-refractivity contribution in [3.05, 3.63) is 47.5 Å². The highest BCUT2D eigenvalue weighted by molar-refractivity contribution is 6.04. The molecule has 0 aliphatic carbocycles. The molecule has 1 aliphatic rings. The number of benzene rings is 1. The second-order valence-corrected chi connectivity index (χ2v) is 5.03. The maximum Gasteiger partial charge on any atom is 0.306 e. The zero-order valence-corrected chi connectivity index (χ0v) is 11.6. The number of nitrogens with zero attached hydrogens (tertiary/aromatic N) is 1. The summed E-state index contributed by atoms with van der Waals surface area (Å²) < 4.78 is 18.7. The van der Waals surface area contributed by atoms with Crippen molar-refractivity contribution < 1.29 is 18.7 Å². The third-order valence-corrected chi connectivity index (χ3v) is 3.57. The highest BCUT2D eigenvalue weighted by Gasteiger charge is 2.34. The van der Waals surface area contributed by atoms with Gasteiger partial charge in [0.1, 0.15) is 5.82 Å². The van der Waals surface area contributed by atoms with Gasteiger partial charge in [0.2, 0.25) is 5.91 Å². The Morgan fingerprint density at radius 2 is 2.27 bits per heavy atom. The third-order valence-electron chi connectivity index (χ3n) is 3.57. The number of amides is 1. The fourth-order valence-corrected chi connectivity index (χ4v) is 2.44. The van der Waals surface area contributed by atoms with Gasteiger partial charge in [0.15, 0.2) is 0 Å². The molecule has 6 nitrogen and oxygen atoms in total. The lowest BCUT2D eigenvalue weighted by Crippen LogP contribution is -2.18. The van der Waals surface area contributed by atoms with Gasteiger partial charge >= 0.3 is 5.97 Å². The second kappa shape index (κ2) is 5.97. The van der Waals surface area contributed by atoms with Crippen LogP contribution >= 0.6 is 0 Å². The molecule has 2 heterocycles. The fraction of sp³-hybridized carbons (Fsp3) is 0.267. The Morgan fingerprint density at radius 1 is 1.41 bits per heavy atom. The number of ether oxygens (including phenoxy) is 1. The van der Waals surface area contributed by atoms with Gasteiger partial charge in [0, 0.05) is 12.6 Å². The Morgan fingerprint density at radius 3 is 3.05 bits per heavy atom. The molecule has 0 saturated heterocycles. The summed E-state index contributed by atoms with van der Waals surface area (Å²) in [6.45, 7) is 0.211. The molecule has 0 fully saturated rings. The largest absolute Gasteiger partial charge is 0.465 e. The molecule has 0 saturated carbocycles. The molecule has 1 aromatic heterocycles. The number of H-pyrrole nitrogens is 1. The van der Waals surface area contributed by atoms with E-state index in [4.69, 9.17) is 4.74 Å². The Labute approximate surface area is 125 Å². The molecule has 1 unspecified atom stereocenters. The number of carbonyl (C=O) groups excluding carboxylic acids is 2. The molecule has 114 valence electrons. The molecule has 0 bridgehead atoms. The van der Waals surface area contributed by atoms with Crippen LogP contribution in [-0.2, 0) is 20.7 Å². The van der Waals surface area contributed by atoms with Crippen molar-refractivity contribution in [2.75, 3.05) is 11.9 Å². The summed E-state index contributed by atoms with van der Waals surface area (Å²) in [5, 5.41) is 8.93. The summed E-state index contributed by atoms with van der Waals surface area (Å²) in [6, 6.07) is 4.43. The maximum atomic E-state index is 13.6. The molecule has 2 aromatic rings. The lowest BCUT2D eigenvalue weighted by atomic mass is 9.97. The average molecular weight is 303 g/mol. The van der Waals surface area contributed by atoms with Gasteiger partial charge in [-0.3, -0.25) is 14.7 Å². The van der Waals surface area contributed by atoms with E-state index in [2.05, 4.69) is 15.5 Å². The number of rotatable bonds is 5. The van der Waals surface area contributed by atoms with E-state index in [0.717, 1.165) is 5.56 Å². The highest BCUT2D eigenvalue weighted by Crippen LogP contribution is 2.36. The molecule has 2 N–H and O–H groups in total. The van der Waals surface area contributed by atoms with E-state index in [1.54, 1.807) is 18.5 Å². The smallest absolute Gasteiger partial charge is 0.306 e. The number of halogens is 1. The lowest BCUT2D eigenvalue weighted by molar-refractivity contribution is -0.145. The molecule has 1 atom stereocenters. The Bertz CT molecular complexity index is 700. The summed E-state index contributed by atoms with van der Waals surface area (Å²) in [5.41, 5.74) is 1.58. The number of fused-ring (bicyclic) bond motifs is 1. The first kappa shape index (κ1) is 14.2. The number of anilines is 1. The number of hydrogen-bond acceptors (Lipinski definition) is 4. The molecule has 22 heavy (non-hydrogen) atoms. The van der Waals surface area contributed by atoms with Crippen LogP contribution in [0.2, 0.25) is 0 Å². The predicted molar refractivity (Wildman–Crippen MR) is 75.6 cm³/mol. The second-order valence-electron chi connectivity index (χ2n) is 5.03. The van der Waals surface area contributed by atoms with Crippen LogP contribution in [0.1, 0.15) is 23.5 Å². The van der Waals surface area contributed by atoms with Crippen LogP contribution < -0.4 is 5.32 Å². The van der Waals surface area contributed by atoms with Crippen LogP contribution in [0.25, 0.3) is 0 Å². The monoisotopic (exact) mass is 303 g/mol. The summed E-state index contributed by atoms with van der Waals surface area (Å²) >= 11 is 0. The first-order valence-corrected chi connectivity index (χ1v) is 6.87. The molecule has 0 radical (unpaired) electrons. The van der Waals surface area contributed by atoms with Crippen LogP contribution in [0.15, 0.2) is 30.6 Å². The minimum Gasteiger partial charge on any atom is -0.465 e. The van der Waals surface area contributed by atoms with Gasteiger partial charge in [0.05, 0.1) is 30.8 Å². The van der Waals surface area contributed by atoms with Crippen LogP contribution in [0.5, 0.6) is 0 Å². The van der Waals surface area contributed by atoms with Crippen molar-refractivity contribution in [1.29, 1.82) is 0 Å². The molecule has 1 amide bonds. The van der Waals surface area contributed by atoms with E-state index in [1.165, 1.54) is 12.1 Å². The van der Waals surface area contributed by atoms with Gasteiger partial charge in [-0.05, 0) is 17.2 Å². The third kappa shape index (κ3) is 2.83. The number of aromatic nitrogens is 2. The molecule has 0 spiro atoms. The highest BCUT2D eigenvalue weighted by atomic mass is 19.1.